The summed E-state index contributed by atoms with van der Waals surface area (Å²) in [6.45, 7) is 11.4. The quantitative estimate of drug-likeness (QED) is 0.307. The number of hydrogen-bond acceptors (Lipinski definition) is 4. The highest BCUT2D eigenvalue weighted by atomic mass is 127. The summed E-state index contributed by atoms with van der Waals surface area (Å²) in [7, 11) is 2.21. The third-order valence-electron chi connectivity index (χ3n) is 5.75. The van der Waals surface area contributed by atoms with Crippen LogP contribution in [0.15, 0.2) is 23.2 Å². The molecule has 2 saturated heterocycles. The lowest BCUT2D eigenvalue weighted by atomic mass is 9.99. The monoisotopic (exact) mass is 530 g/mol. The van der Waals surface area contributed by atoms with E-state index in [-0.39, 0.29) is 24.0 Å². The van der Waals surface area contributed by atoms with Gasteiger partial charge in [-0.2, -0.15) is 0 Å². The second kappa shape index (κ2) is 13.4. The van der Waals surface area contributed by atoms with Crippen molar-refractivity contribution in [2.45, 2.75) is 39.7 Å². The van der Waals surface area contributed by atoms with E-state index >= 15 is 0 Å². The van der Waals surface area contributed by atoms with E-state index < -0.39 is 0 Å². The van der Waals surface area contributed by atoms with Gasteiger partial charge in [0.1, 0.15) is 5.75 Å². The van der Waals surface area contributed by atoms with Crippen molar-refractivity contribution in [3.8, 4) is 5.75 Å². The zero-order valence-corrected chi connectivity index (χ0v) is 21.1. The molecular weight excluding hydrogens is 491 g/mol. The van der Waals surface area contributed by atoms with E-state index in [1.54, 1.807) is 0 Å². The fourth-order valence-corrected chi connectivity index (χ4v) is 4.04. The van der Waals surface area contributed by atoms with E-state index in [1.807, 2.05) is 0 Å². The van der Waals surface area contributed by atoms with Crippen molar-refractivity contribution in [3.05, 3.63) is 29.3 Å². The Morgan fingerprint density at radius 2 is 2.13 bits per heavy atom. The molecule has 2 aliphatic heterocycles. The summed E-state index contributed by atoms with van der Waals surface area (Å²) in [5.74, 6) is 3.02. The number of hydrogen-bond donors (Lipinski definition) is 2. The van der Waals surface area contributed by atoms with Crippen molar-refractivity contribution in [3.63, 3.8) is 0 Å². The van der Waals surface area contributed by atoms with Crippen LogP contribution in [-0.2, 0) is 11.3 Å². The number of halogens is 1. The second-order valence-corrected chi connectivity index (χ2v) is 8.50. The molecule has 0 bridgehead atoms. The number of aryl methyl sites for hydroxylation is 1. The number of nitrogens with zero attached hydrogens (tertiary/aromatic N) is 2. The van der Waals surface area contributed by atoms with Crippen LogP contribution >= 0.6 is 24.0 Å². The molecule has 2 heterocycles. The molecule has 0 aromatic heterocycles. The van der Waals surface area contributed by atoms with Gasteiger partial charge in [-0.1, -0.05) is 12.1 Å². The first-order valence-corrected chi connectivity index (χ1v) is 11.1. The van der Waals surface area contributed by atoms with Crippen LogP contribution in [0.5, 0.6) is 5.75 Å². The van der Waals surface area contributed by atoms with E-state index in [4.69, 9.17) is 14.5 Å². The Bertz CT molecular complexity index is 665. The largest absolute Gasteiger partial charge is 0.493 e. The molecule has 1 aromatic rings. The fraction of sp³-hybridized carbons (Fsp3) is 0.696. The highest BCUT2D eigenvalue weighted by Gasteiger charge is 2.18. The Morgan fingerprint density at radius 3 is 2.87 bits per heavy atom. The van der Waals surface area contributed by atoms with Gasteiger partial charge in [-0.25, -0.2) is 4.99 Å². The molecule has 2 atom stereocenters. The summed E-state index contributed by atoms with van der Waals surface area (Å²) in [5.41, 5.74) is 2.34. The normalized spacial score (nSPS) is 22.4. The van der Waals surface area contributed by atoms with Gasteiger partial charge in [-0.3, -0.25) is 0 Å². The van der Waals surface area contributed by atoms with Crippen molar-refractivity contribution in [2.75, 3.05) is 53.0 Å². The predicted octanol–water partition coefficient (Wildman–Crippen LogP) is 3.43. The molecule has 2 N–H and O–H groups in total. The lowest BCUT2D eigenvalue weighted by Crippen LogP contribution is -2.43. The van der Waals surface area contributed by atoms with E-state index in [2.05, 4.69) is 54.6 Å². The van der Waals surface area contributed by atoms with Gasteiger partial charge in [0.2, 0.25) is 0 Å². The molecule has 2 unspecified atom stereocenters. The van der Waals surface area contributed by atoms with Crippen molar-refractivity contribution in [1.29, 1.82) is 0 Å². The van der Waals surface area contributed by atoms with Crippen molar-refractivity contribution in [1.82, 2.24) is 15.5 Å². The smallest absolute Gasteiger partial charge is 0.191 e. The number of aliphatic imine (C=N–C) groups is 1. The molecule has 2 fully saturated rings. The third kappa shape index (κ3) is 8.23. The van der Waals surface area contributed by atoms with Crippen LogP contribution in [0.2, 0.25) is 0 Å². The summed E-state index contributed by atoms with van der Waals surface area (Å²) in [5, 5.41) is 6.92. The van der Waals surface area contributed by atoms with Crippen LogP contribution in [0.4, 0.5) is 0 Å². The highest BCUT2D eigenvalue weighted by molar-refractivity contribution is 14.0. The summed E-state index contributed by atoms with van der Waals surface area (Å²) >= 11 is 0. The van der Waals surface area contributed by atoms with Crippen LogP contribution in [0.25, 0.3) is 0 Å². The molecule has 170 valence electrons. The average molecular weight is 530 g/mol. The summed E-state index contributed by atoms with van der Waals surface area (Å²) in [6, 6.07) is 6.40. The molecule has 6 nitrogen and oxygen atoms in total. The lowest BCUT2D eigenvalue weighted by Gasteiger charge is -2.30. The third-order valence-corrected chi connectivity index (χ3v) is 5.75. The minimum absolute atomic E-state index is 0. The van der Waals surface area contributed by atoms with Crippen molar-refractivity contribution in [2.24, 2.45) is 16.8 Å². The Balaban J connectivity index is 0.00000320. The fourth-order valence-electron chi connectivity index (χ4n) is 4.04. The standard InChI is InChI=1S/C23H38N4O2.HI/c1-4-24-23(25-13-19-6-5-10-27(3)15-19)26-14-21-8-7-18(2)12-22(21)29-17-20-9-11-28-16-20;/h7-8,12,19-20H,4-6,9-11,13-17H2,1-3H3,(H2,24,25,26);1H. The predicted molar refractivity (Wildman–Crippen MR) is 134 cm³/mol. The van der Waals surface area contributed by atoms with Crippen LogP contribution in [0.1, 0.15) is 37.3 Å². The van der Waals surface area contributed by atoms with E-state index in [0.717, 1.165) is 56.5 Å². The van der Waals surface area contributed by atoms with Crippen LogP contribution in [0.3, 0.4) is 0 Å². The summed E-state index contributed by atoms with van der Waals surface area (Å²) in [4.78, 5) is 7.26. The number of guanidine groups is 1. The van der Waals surface area contributed by atoms with E-state index in [9.17, 15) is 0 Å². The van der Waals surface area contributed by atoms with Gasteiger partial charge < -0.3 is 25.0 Å². The Kier molecular flexibility index (Phi) is 11.2. The minimum Gasteiger partial charge on any atom is -0.493 e. The van der Waals surface area contributed by atoms with Gasteiger partial charge >= 0.3 is 0 Å². The summed E-state index contributed by atoms with van der Waals surface area (Å²) in [6.07, 6.45) is 3.66. The number of nitrogens with one attached hydrogen (secondary N) is 2. The molecule has 3 rings (SSSR count). The van der Waals surface area contributed by atoms with Gasteiger partial charge in [-0.05, 0) is 64.3 Å². The SMILES string of the molecule is CCNC(=NCc1ccc(C)cc1OCC1CCOC1)NCC1CCCN(C)C1.I. The van der Waals surface area contributed by atoms with Gasteiger partial charge in [-0.15, -0.1) is 24.0 Å². The molecule has 0 amide bonds. The van der Waals surface area contributed by atoms with Gasteiger partial charge in [0.05, 0.1) is 19.8 Å². The molecule has 7 heteroatoms. The molecule has 0 radical (unpaired) electrons. The molecular formula is C23H39IN4O2. The van der Waals surface area contributed by atoms with Crippen molar-refractivity contribution < 1.29 is 9.47 Å². The van der Waals surface area contributed by atoms with Gasteiger partial charge in [0, 0.05) is 37.7 Å². The molecule has 0 aliphatic carbocycles. The first kappa shape index (κ1) is 25.2. The maximum absolute atomic E-state index is 6.17. The average Bonchev–Trinajstić information content (AvgIpc) is 3.23. The molecule has 0 spiro atoms. The molecule has 0 saturated carbocycles. The first-order chi connectivity index (χ1) is 14.1. The maximum Gasteiger partial charge on any atom is 0.191 e. The number of ether oxygens (including phenoxy) is 2. The van der Waals surface area contributed by atoms with Crippen LogP contribution < -0.4 is 15.4 Å². The van der Waals surface area contributed by atoms with Crippen LogP contribution in [0, 0.1) is 18.8 Å². The highest BCUT2D eigenvalue weighted by Crippen LogP contribution is 2.23. The Morgan fingerprint density at radius 1 is 1.27 bits per heavy atom. The minimum atomic E-state index is 0. The Labute approximate surface area is 199 Å². The van der Waals surface area contributed by atoms with E-state index in [1.165, 1.54) is 24.9 Å². The maximum atomic E-state index is 6.17. The molecule has 2 aliphatic rings. The van der Waals surface area contributed by atoms with Crippen molar-refractivity contribution >= 4 is 29.9 Å². The van der Waals surface area contributed by atoms with Gasteiger partial charge in [0.15, 0.2) is 5.96 Å². The number of rotatable bonds is 8. The zero-order chi connectivity index (χ0) is 20.5. The molecule has 1 aromatic carbocycles. The lowest BCUT2D eigenvalue weighted by molar-refractivity contribution is 0.166. The zero-order valence-electron chi connectivity index (χ0n) is 18.8. The first-order valence-electron chi connectivity index (χ1n) is 11.1. The second-order valence-electron chi connectivity index (χ2n) is 8.50. The number of piperidine rings is 1. The molecule has 30 heavy (non-hydrogen) atoms. The van der Waals surface area contributed by atoms with E-state index in [0.29, 0.717) is 25.0 Å². The Hall–Kier alpha value is -1.06. The van der Waals surface area contributed by atoms with Gasteiger partial charge in [0.25, 0.3) is 0 Å². The van der Waals surface area contributed by atoms with Crippen LogP contribution in [-0.4, -0.2) is 63.9 Å². The topological polar surface area (TPSA) is 58.1 Å². The summed E-state index contributed by atoms with van der Waals surface area (Å²) < 4.78 is 11.6. The number of likely N-dealkylation sites (tertiary alicyclic amines) is 1. The number of benzene rings is 1.